The predicted molar refractivity (Wildman–Crippen MR) is 409 cm³/mol. The number of allylic oxidation sites excluding steroid dienone is 4. The normalized spacial score (nSPS) is 14.3. The highest BCUT2D eigenvalue weighted by molar-refractivity contribution is 7.47. The maximum absolute atomic E-state index is 13.1. The molecule has 3 unspecified atom stereocenters. The van der Waals surface area contributed by atoms with E-state index in [1.165, 1.54) is 199 Å². The predicted octanol–water partition coefficient (Wildman–Crippen LogP) is 23.8. The second-order valence-electron chi connectivity index (χ2n) is 29.2. The zero-order valence-electron chi connectivity index (χ0n) is 65.0. The molecular weight excluding hydrogens is 1310 g/mol. The van der Waals surface area contributed by atoms with E-state index in [-0.39, 0.29) is 25.7 Å². The standard InChI is InChI=1S/C81H154O17P2/c1-7-10-12-14-16-18-20-22-23-27-34-40-46-52-58-64-79(84)92-70-77(97-80(85)65-59-53-47-41-35-28-25-24-26-32-38-44-50-56-62-74(6)9-3)72-96-100(89,90)94-68-75(82)67-93-99(87,88)95-71-76(69-91-78(83)63-57-51-45-39-33-21-19-17-15-13-11-8-2)98-81(86)66-60-54-48-42-36-30-29-31-37-43-49-55-61-73(4)5/h18,20,22-23,73-77,82H,7-17,19,21,24-72H2,1-6H3,(H,87,88)(H,89,90)/b20-18-,23-22-/t74?,75-,76+,77+/m0/s1. The first kappa shape index (κ1) is 97.5. The van der Waals surface area contributed by atoms with Crippen LogP contribution in [0.5, 0.6) is 0 Å². The number of aliphatic hydroxyl groups is 1. The molecule has 0 saturated carbocycles. The maximum atomic E-state index is 13.1. The Morgan fingerprint density at radius 2 is 0.590 bits per heavy atom. The molecule has 19 heteroatoms. The second kappa shape index (κ2) is 72.1. The van der Waals surface area contributed by atoms with Gasteiger partial charge in [-0.25, -0.2) is 9.13 Å². The highest BCUT2D eigenvalue weighted by Gasteiger charge is 2.30. The van der Waals surface area contributed by atoms with Crippen molar-refractivity contribution in [2.75, 3.05) is 39.6 Å². The first-order valence-corrected chi connectivity index (χ1v) is 44.3. The number of hydrogen-bond donors (Lipinski definition) is 3. The molecule has 0 aromatic carbocycles. The van der Waals surface area contributed by atoms with Crippen LogP contribution in [-0.4, -0.2) is 96.7 Å². The molecule has 0 amide bonds. The maximum Gasteiger partial charge on any atom is 0.472 e. The van der Waals surface area contributed by atoms with Crippen LogP contribution in [0.25, 0.3) is 0 Å². The topological polar surface area (TPSA) is 237 Å². The van der Waals surface area contributed by atoms with Crippen LogP contribution < -0.4 is 0 Å². The molecule has 3 N–H and O–H groups in total. The van der Waals surface area contributed by atoms with Gasteiger partial charge in [0.05, 0.1) is 26.4 Å². The summed E-state index contributed by atoms with van der Waals surface area (Å²) in [5.41, 5.74) is 0. The summed E-state index contributed by atoms with van der Waals surface area (Å²) in [6.45, 7) is 9.63. The van der Waals surface area contributed by atoms with Crippen molar-refractivity contribution in [1.29, 1.82) is 0 Å². The Morgan fingerprint density at radius 3 is 0.900 bits per heavy atom. The largest absolute Gasteiger partial charge is 0.472 e. The molecule has 0 aromatic rings. The Hall–Kier alpha value is -2.46. The molecule has 100 heavy (non-hydrogen) atoms. The molecule has 0 rings (SSSR count). The number of aliphatic hydroxyl groups excluding tert-OH is 1. The van der Waals surface area contributed by atoms with Gasteiger partial charge in [0, 0.05) is 25.7 Å². The molecule has 6 atom stereocenters. The van der Waals surface area contributed by atoms with Crippen molar-refractivity contribution < 1.29 is 80.2 Å². The summed E-state index contributed by atoms with van der Waals surface area (Å²) < 4.78 is 68.7. The van der Waals surface area contributed by atoms with Gasteiger partial charge in [-0.2, -0.15) is 0 Å². The summed E-state index contributed by atoms with van der Waals surface area (Å²) in [6.07, 6.45) is 64.4. The highest BCUT2D eigenvalue weighted by atomic mass is 31.2. The van der Waals surface area contributed by atoms with E-state index in [1.807, 2.05) is 0 Å². The summed E-state index contributed by atoms with van der Waals surface area (Å²) in [5, 5.41) is 10.6. The molecule has 0 saturated heterocycles. The van der Waals surface area contributed by atoms with E-state index < -0.39 is 97.5 Å². The number of hydrogen-bond acceptors (Lipinski definition) is 15. The molecular formula is C81H154O17P2. The third-order valence-electron chi connectivity index (χ3n) is 18.7. The van der Waals surface area contributed by atoms with Crippen LogP contribution in [0, 0.1) is 11.8 Å². The smallest absolute Gasteiger partial charge is 0.462 e. The van der Waals surface area contributed by atoms with Crippen molar-refractivity contribution in [2.24, 2.45) is 11.8 Å². The van der Waals surface area contributed by atoms with E-state index in [0.717, 1.165) is 121 Å². The lowest BCUT2D eigenvalue weighted by Crippen LogP contribution is -2.30. The van der Waals surface area contributed by atoms with Crippen LogP contribution in [0.2, 0.25) is 0 Å². The molecule has 0 bridgehead atoms. The van der Waals surface area contributed by atoms with Gasteiger partial charge >= 0.3 is 39.5 Å². The molecule has 0 aromatic heterocycles. The quantitative estimate of drug-likeness (QED) is 0.0169. The van der Waals surface area contributed by atoms with Gasteiger partial charge in [0.25, 0.3) is 0 Å². The summed E-state index contributed by atoms with van der Waals surface area (Å²) in [7, 11) is -9.93. The molecule has 0 heterocycles. The lowest BCUT2D eigenvalue weighted by molar-refractivity contribution is -0.161. The summed E-state index contributed by atoms with van der Waals surface area (Å²) in [5.74, 6) is -0.518. The number of unbranched alkanes of at least 4 members (excludes halogenated alkanes) is 44. The van der Waals surface area contributed by atoms with Crippen molar-refractivity contribution in [3.63, 3.8) is 0 Å². The number of ether oxygens (including phenoxy) is 4. The van der Waals surface area contributed by atoms with Gasteiger partial charge in [0.15, 0.2) is 12.2 Å². The lowest BCUT2D eigenvalue weighted by atomic mass is 9.99. The minimum Gasteiger partial charge on any atom is -0.462 e. The number of carbonyl (C=O) groups is 4. The molecule has 17 nitrogen and oxygen atoms in total. The summed E-state index contributed by atoms with van der Waals surface area (Å²) in [4.78, 5) is 73.0. The van der Waals surface area contributed by atoms with Gasteiger partial charge in [-0.3, -0.25) is 37.3 Å². The van der Waals surface area contributed by atoms with E-state index >= 15 is 0 Å². The number of rotatable bonds is 78. The fraction of sp³-hybridized carbons (Fsp3) is 0.901. The first-order chi connectivity index (χ1) is 48.4. The van der Waals surface area contributed by atoms with Gasteiger partial charge < -0.3 is 33.8 Å². The van der Waals surface area contributed by atoms with Crippen molar-refractivity contribution in [1.82, 2.24) is 0 Å². The van der Waals surface area contributed by atoms with E-state index in [4.69, 9.17) is 37.0 Å². The average molecular weight is 1460 g/mol. The van der Waals surface area contributed by atoms with E-state index in [1.54, 1.807) is 0 Å². The number of carbonyl (C=O) groups excluding carboxylic acids is 4. The van der Waals surface area contributed by atoms with Gasteiger partial charge in [0.2, 0.25) is 0 Å². The van der Waals surface area contributed by atoms with Crippen LogP contribution in [0.3, 0.4) is 0 Å². The van der Waals surface area contributed by atoms with Crippen molar-refractivity contribution in [3.8, 4) is 0 Å². The number of esters is 4. The highest BCUT2D eigenvalue weighted by Crippen LogP contribution is 2.45. The molecule has 0 aliphatic heterocycles. The molecule has 0 radical (unpaired) electrons. The summed E-state index contributed by atoms with van der Waals surface area (Å²) in [6, 6.07) is 0. The zero-order chi connectivity index (χ0) is 73.5. The minimum absolute atomic E-state index is 0.101. The number of phosphoric acid groups is 2. The first-order valence-electron chi connectivity index (χ1n) is 41.3. The number of phosphoric ester groups is 2. The Morgan fingerprint density at radius 1 is 0.330 bits per heavy atom. The van der Waals surface area contributed by atoms with E-state index in [9.17, 15) is 43.2 Å². The Kier molecular flexibility index (Phi) is 70.3. The lowest BCUT2D eigenvalue weighted by Gasteiger charge is -2.21. The van der Waals surface area contributed by atoms with Gasteiger partial charge in [0.1, 0.15) is 19.3 Å². The van der Waals surface area contributed by atoms with Crippen LogP contribution >= 0.6 is 15.6 Å². The molecule has 0 aliphatic rings. The second-order valence-corrected chi connectivity index (χ2v) is 32.1. The molecule has 0 aliphatic carbocycles. The van der Waals surface area contributed by atoms with Crippen LogP contribution in [0.4, 0.5) is 0 Å². The van der Waals surface area contributed by atoms with Crippen LogP contribution in [0.15, 0.2) is 24.3 Å². The molecule has 590 valence electrons. The molecule has 0 fully saturated rings. The average Bonchev–Trinajstić information content (AvgIpc) is 0.925. The fourth-order valence-corrected chi connectivity index (χ4v) is 13.5. The monoisotopic (exact) mass is 1460 g/mol. The van der Waals surface area contributed by atoms with Crippen molar-refractivity contribution in [2.45, 2.75) is 419 Å². The fourth-order valence-electron chi connectivity index (χ4n) is 12.0. The zero-order valence-corrected chi connectivity index (χ0v) is 66.8. The van der Waals surface area contributed by atoms with Gasteiger partial charge in [-0.15, -0.1) is 0 Å². The Labute approximate surface area is 612 Å². The van der Waals surface area contributed by atoms with Crippen molar-refractivity contribution >= 4 is 39.5 Å². The molecule has 0 spiro atoms. The SMILES string of the molecule is CCCCCC/C=C\C=C/CCCCCCCC(=O)OC[C@H](COP(=O)(O)OC[C@@H](O)COP(=O)(O)OC[C@@H](COC(=O)CCCCCCCCCCCCCC)OC(=O)CCCCCCCCCCCCCCC(C)C)OC(=O)CCCCCCCCCCCCCCCCC(C)CC. The van der Waals surface area contributed by atoms with Crippen LogP contribution in [0.1, 0.15) is 401 Å². The Bertz CT molecular complexity index is 2020. The third kappa shape index (κ3) is 72.5. The Balaban J connectivity index is 5.30. The van der Waals surface area contributed by atoms with Gasteiger partial charge in [-0.1, -0.05) is 348 Å². The van der Waals surface area contributed by atoms with E-state index in [2.05, 4.69) is 65.8 Å². The third-order valence-corrected chi connectivity index (χ3v) is 20.6. The van der Waals surface area contributed by atoms with Crippen molar-refractivity contribution in [3.05, 3.63) is 24.3 Å². The minimum atomic E-state index is -4.97. The van der Waals surface area contributed by atoms with Crippen LogP contribution in [-0.2, 0) is 65.4 Å². The summed E-state index contributed by atoms with van der Waals surface area (Å²) >= 11 is 0. The van der Waals surface area contributed by atoms with E-state index in [0.29, 0.717) is 25.7 Å². The van der Waals surface area contributed by atoms with Gasteiger partial charge in [-0.05, 0) is 63.2 Å².